The number of Topliss-reactive ketones (excluding diaryl/α,β-unsaturated/α-hetero) is 1. The number of aromatic nitrogens is 1. The molecule has 29 heavy (non-hydrogen) atoms. The first-order valence-electron chi connectivity index (χ1n) is 10.9. The highest BCUT2D eigenvalue weighted by molar-refractivity contribution is 6.09. The molecule has 6 nitrogen and oxygen atoms in total. The molecule has 1 aromatic rings. The Morgan fingerprint density at radius 1 is 1.28 bits per heavy atom. The standard InChI is InChI=1S/C23H29NO5/c1-3-5-6-7-8-16-17-11-13-19-15(12-22(27,4-2)21(19)26)24-14-9-10-18(25)23(28-16,29-17)20(13)14/h4,16-18,25,27H,2-3,5-12H2,1H3/t16-,17-,18-,22+,23+/m0/s1. The number of hydrogen-bond donors (Lipinski definition) is 2. The molecule has 2 aliphatic heterocycles. The molecule has 2 N–H and O–H groups in total. The Balaban J connectivity index is 1.57. The Hall–Kier alpha value is -1.60. The van der Waals surface area contributed by atoms with Gasteiger partial charge in [0, 0.05) is 29.7 Å². The van der Waals surface area contributed by atoms with Crippen molar-refractivity contribution in [2.75, 3.05) is 0 Å². The van der Waals surface area contributed by atoms with Crippen molar-refractivity contribution < 1.29 is 24.5 Å². The fourth-order valence-corrected chi connectivity index (χ4v) is 5.58. The molecule has 0 aromatic carbocycles. The monoisotopic (exact) mass is 399 g/mol. The summed E-state index contributed by atoms with van der Waals surface area (Å²) in [6, 6.07) is 0. The molecule has 5 rings (SSSR count). The van der Waals surface area contributed by atoms with Crippen LogP contribution in [0.5, 0.6) is 0 Å². The summed E-state index contributed by atoms with van der Waals surface area (Å²) in [4.78, 5) is 17.8. The van der Waals surface area contributed by atoms with Crippen LogP contribution in [0.3, 0.4) is 0 Å². The van der Waals surface area contributed by atoms with Crippen molar-refractivity contribution in [1.29, 1.82) is 0 Å². The van der Waals surface area contributed by atoms with E-state index in [0.717, 1.165) is 36.1 Å². The summed E-state index contributed by atoms with van der Waals surface area (Å²) in [5.41, 5.74) is 1.96. The molecule has 0 unspecified atom stereocenters. The SMILES string of the molecule is C=C[C@@]1(O)Cc2nc3c4c(c2C1=O)C[C@@H]1O[C@]4(O[C@H]1CCCCCC)[C@@H](O)CC3. The Kier molecular flexibility index (Phi) is 4.48. The maximum Gasteiger partial charge on any atom is 0.224 e. The van der Waals surface area contributed by atoms with Crippen molar-refractivity contribution in [2.45, 2.75) is 94.4 Å². The van der Waals surface area contributed by atoms with E-state index in [0.29, 0.717) is 30.5 Å². The first-order chi connectivity index (χ1) is 13.9. The van der Waals surface area contributed by atoms with Gasteiger partial charge in [-0.2, -0.15) is 0 Å². The Labute approximate surface area is 170 Å². The predicted octanol–water partition coefficient (Wildman–Crippen LogP) is 2.51. The summed E-state index contributed by atoms with van der Waals surface area (Å²) >= 11 is 0. The number of hydrogen-bond acceptors (Lipinski definition) is 6. The highest BCUT2D eigenvalue weighted by Gasteiger charge is 2.61. The van der Waals surface area contributed by atoms with Gasteiger partial charge in [0.15, 0.2) is 5.60 Å². The van der Waals surface area contributed by atoms with Crippen LogP contribution < -0.4 is 0 Å². The molecule has 1 fully saturated rings. The first kappa shape index (κ1) is 19.4. The van der Waals surface area contributed by atoms with Gasteiger partial charge in [-0.3, -0.25) is 9.78 Å². The molecule has 2 bridgehead atoms. The van der Waals surface area contributed by atoms with E-state index < -0.39 is 17.5 Å². The van der Waals surface area contributed by atoms with Gasteiger partial charge in [0.2, 0.25) is 11.6 Å². The Morgan fingerprint density at radius 2 is 2.10 bits per heavy atom. The maximum atomic E-state index is 13.1. The second-order valence-electron chi connectivity index (χ2n) is 8.96. The van der Waals surface area contributed by atoms with Crippen molar-refractivity contribution >= 4 is 5.78 Å². The van der Waals surface area contributed by atoms with Crippen molar-refractivity contribution in [1.82, 2.24) is 4.98 Å². The lowest BCUT2D eigenvalue weighted by Gasteiger charge is -2.42. The zero-order chi connectivity index (χ0) is 20.4. The molecule has 0 radical (unpaired) electrons. The van der Waals surface area contributed by atoms with Crippen LogP contribution in [-0.4, -0.2) is 44.9 Å². The molecule has 1 spiro atoms. The molecule has 5 atom stereocenters. The normalized spacial score (nSPS) is 36.8. The van der Waals surface area contributed by atoms with Crippen LogP contribution in [-0.2, 0) is 34.5 Å². The van der Waals surface area contributed by atoms with Gasteiger partial charge in [-0.15, -0.1) is 0 Å². The lowest BCUT2D eigenvalue weighted by molar-refractivity contribution is -0.254. The van der Waals surface area contributed by atoms with E-state index in [2.05, 4.69) is 13.5 Å². The largest absolute Gasteiger partial charge is 0.387 e. The van der Waals surface area contributed by atoms with Crippen molar-refractivity contribution in [3.63, 3.8) is 0 Å². The molecular formula is C23H29NO5. The van der Waals surface area contributed by atoms with Crippen LogP contribution in [0, 0.1) is 0 Å². The number of ether oxygens (including phenoxy) is 2. The van der Waals surface area contributed by atoms with Gasteiger partial charge in [0.1, 0.15) is 6.10 Å². The smallest absolute Gasteiger partial charge is 0.224 e. The number of pyridine rings is 1. The van der Waals surface area contributed by atoms with E-state index >= 15 is 0 Å². The number of carbonyl (C=O) groups excluding carboxylic acids is 1. The summed E-state index contributed by atoms with van der Waals surface area (Å²) < 4.78 is 12.8. The number of fused-ring (bicyclic) bond motifs is 3. The molecule has 1 saturated heterocycles. The highest BCUT2D eigenvalue weighted by atomic mass is 16.8. The molecule has 2 aliphatic carbocycles. The van der Waals surface area contributed by atoms with E-state index in [-0.39, 0.29) is 24.4 Å². The van der Waals surface area contributed by atoms with Crippen LogP contribution in [0.4, 0.5) is 0 Å². The summed E-state index contributed by atoms with van der Waals surface area (Å²) in [7, 11) is 0. The highest BCUT2D eigenvalue weighted by Crippen LogP contribution is 2.54. The molecular weight excluding hydrogens is 370 g/mol. The summed E-state index contributed by atoms with van der Waals surface area (Å²) in [6.45, 7) is 5.84. The Morgan fingerprint density at radius 3 is 2.86 bits per heavy atom. The van der Waals surface area contributed by atoms with E-state index in [1.54, 1.807) is 0 Å². The number of nitrogens with zero attached hydrogens (tertiary/aromatic N) is 1. The quantitative estimate of drug-likeness (QED) is 0.564. The number of unbranched alkanes of at least 4 members (excludes halogenated alkanes) is 3. The third-order valence-corrected chi connectivity index (χ3v) is 7.10. The minimum absolute atomic E-state index is 0.106. The van der Waals surface area contributed by atoms with Crippen molar-refractivity contribution in [2.24, 2.45) is 0 Å². The maximum absolute atomic E-state index is 13.1. The van der Waals surface area contributed by atoms with Crippen LogP contribution >= 0.6 is 0 Å². The third kappa shape index (κ3) is 2.62. The van der Waals surface area contributed by atoms with Crippen molar-refractivity contribution in [3.8, 4) is 0 Å². The zero-order valence-corrected chi connectivity index (χ0v) is 16.9. The third-order valence-electron chi connectivity index (χ3n) is 7.10. The topological polar surface area (TPSA) is 88.9 Å². The van der Waals surface area contributed by atoms with Crippen LogP contribution in [0.2, 0.25) is 0 Å². The lowest BCUT2D eigenvalue weighted by Crippen LogP contribution is -2.48. The van der Waals surface area contributed by atoms with Crippen LogP contribution in [0.25, 0.3) is 0 Å². The summed E-state index contributed by atoms with van der Waals surface area (Å²) in [6.07, 6.45) is 7.52. The van der Waals surface area contributed by atoms with Gasteiger partial charge in [-0.1, -0.05) is 45.3 Å². The molecule has 156 valence electrons. The first-order valence-corrected chi connectivity index (χ1v) is 10.9. The number of aliphatic hydroxyl groups excluding tert-OH is 1. The molecule has 3 heterocycles. The summed E-state index contributed by atoms with van der Waals surface area (Å²) in [5, 5.41) is 21.6. The number of aryl methyl sites for hydroxylation is 1. The van der Waals surface area contributed by atoms with E-state index in [1.165, 1.54) is 18.9 Å². The van der Waals surface area contributed by atoms with E-state index in [4.69, 9.17) is 14.5 Å². The van der Waals surface area contributed by atoms with E-state index in [9.17, 15) is 15.0 Å². The minimum Gasteiger partial charge on any atom is -0.387 e. The average Bonchev–Trinajstić information content (AvgIpc) is 3.14. The van der Waals surface area contributed by atoms with Gasteiger partial charge in [0.25, 0.3) is 0 Å². The lowest BCUT2D eigenvalue weighted by atomic mass is 9.79. The zero-order valence-electron chi connectivity index (χ0n) is 16.9. The minimum atomic E-state index is -1.60. The molecule has 0 amide bonds. The average molecular weight is 399 g/mol. The predicted molar refractivity (Wildman–Crippen MR) is 106 cm³/mol. The number of carbonyl (C=O) groups is 1. The van der Waals surface area contributed by atoms with Crippen LogP contribution in [0.1, 0.15) is 78.3 Å². The Bertz CT molecular complexity index is 883. The molecule has 0 saturated carbocycles. The fraction of sp³-hybridized carbons (Fsp3) is 0.652. The van der Waals surface area contributed by atoms with E-state index in [1.807, 2.05) is 0 Å². The van der Waals surface area contributed by atoms with Crippen molar-refractivity contribution in [3.05, 3.63) is 40.7 Å². The second kappa shape index (κ2) is 6.71. The van der Waals surface area contributed by atoms with Crippen LogP contribution in [0.15, 0.2) is 12.7 Å². The molecule has 1 aromatic heterocycles. The van der Waals surface area contributed by atoms with Gasteiger partial charge in [0.05, 0.1) is 17.9 Å². The fourth-order valence-electron chi connectivity index (χ4n) is 5.58. The summed E-state index contributed by atoms with van der Waals surface area (Å²) in [5.74, 6) is -1.57. The molecule has 4 aliphatic rings. The second-order valence-corrected chi connectivity index (χ2v) is 8.96. The number of rotatable bonds is 6. The number of ketones is 1. The van der Waals surface area contributed by atoms with Gasteiger partial charge in [-0.25, -0.2) is 0 Å². The number of aliphatic hydroxyl groups is 2. The van der Waals surface area contributed by atoms with Gasteiger partial charge in [-0.05, 0) is 24.8 Å². The molecule has 6 heteroatoms. The van der Waals surface area contributed by atoms with Gasteiger partial charge >= 0.3 is 0 Å². The van der Waals surface area contributed by atoms with Gasteiger partial charge < -0.3 is 19.7 Å².